The molecule has 7 heteroatoms. The number of halogens is 1. The van der Waals surface area contributed by atoms with E-state index in [2.05, 4.69) is 10.6 Å². The van der Waals surface area contributed by atoms with Crippen molar-refractivity contribution in [2.24, 2.45) is 0 Å². The molecule has 2 amide bonds. The van der Waals surface area contributed by atoms with E-state index in [1.54, 1.807) is 0 Å². The summed E-state index contributed by atoms with van der Waals surface area (Å²) in [4.78, 5) is 22.1. The molecule has 1 saturated carbocycles. The average molecular weight is 284 g/mol. The van der Waals surface area contributed by atoms with Crippen LogP contribution < -0.4 is 10.6 Å². The Kier molecular flexibility index (Phi) is 4.21. The maximum atomic E-state index is 11.8. The van der Waals surface area contributed by atoms with Gasteiger partial charge in [-0.05, 0) is 25.0 Å². The number of nitrogens with one attached hydrogen (secondary N) is 2. The van der Waals surface area contributed by atoms with E-state index in [0.29, 0.717) is 5.02 Å². The van der Waals surface area contributed by atoms with Gasteiger partial charge in [0, 0.05) is 17.1 Å². The highest BCUT2D eigenvalue weighted by Gasteiger charge is 2.20. The topological polar surface area (TPSA) is 84.3 Å². The summed E-state index contributed by atoms with van der Waals surface area (Å²) in [6.07, 6.45) is 4.10. The lowest BCUT2D eigenvalue weighted by molar-refractivity contribution is -0.383. The Balaban J connectivity index is 2.06. The number of rotatable bonds is 3. The Morgan fingerprint density at radius 2 is 2.05 bits per heavy atom. The molecular formula is C12H14ClN3O3. The molecule has 0 aromatic heterocycles. The lowest BCUT2D eigenvalue weighted by atomic mass is 10.2. The molecule has 1 aromatic rings. The minimum Gasteiger partial charge on any atom is -0.335 e. The maximum Gasteiger partial charge on any atom is 0.319 e. The summed E-state index contributed by atoms with van der Waals surface area (Å²) in [5.41, 5.74) is -0.0704. The van der Waals surface area contributed by atoms with Gasteiger partial charge in [0.25, 0.3) is 5.69 Å². The van der Waals surface area contributed by atoms with Crippen molar-refractivity contribution in [2.75, 3.05) is 5.32 Å². The summed E-state index contributed by atoms with van der Waals surface area (Å²) >= 11 is 5.78. The van der Waals surface area contributed by atoms with Gasteiger partial charge in [0.1, 0.15) is 5.69 Å². The van der Waals surface area contributed by atoms with Gasteiger partial charge in [-0.3, -0.25) is 10.1 Å². The van der Waals surface area contributed by atoms with Crippen LogP contribution in [0.3, 0.4) is 0 Å². The number of hydrogen-bond acceptors (Lipinski definition) is 3. The number of nitrogens with zero attached hydrogens (tertiary/aromatic N) is 1. The molecule has 2 N–H and O–H groups in total. The first kappa shape index (κ1) is 13.6. The molecule has 1 aliphatic carbocycles. The van der Waals surface area contributed by atoms with E-state index in [4.69, 9.17) is 11.6 Å². The van der Waals surface area contributed by atoms with Gasteiger partial charge in [-0.2, -0.15) is 0 Å². The van der Waals surface area contributed by atoms with Gasteiger partial charge in [-0.15, -0.1) is 0 Å². The zero-order valence-corrected chi connectivity index (χ0v) is 10.9. The largest absolute Gasteiger partial charge is 0.335 e. The van der Waals surface area contributed by atoms with Crippen LogP contribution in [0.15, 0.2) is 18.2 Å². The summed E-state index contributed by atoms with van der Waals surface area (Å²) in [6.45, 7) is 0. The molecule has 0 aliphatic heterocycles. The van der Waals surface area contributed by atoms with Crippen LogP contribution in [-0.4, -0.2) is 17.0 Å². The van der Waals surface area contributed by atoms with E-state index in [1.807, 2.05) is 0 Å². The van der Waals surface area contributed by atoms with E-state index in [-0.39, 0.29) is 17.4 Å². The first-order valence-electron chi connectivity index (χ1n) is 6.08. The molecule has 0 bridgehead atoms. The summed E-state index contributed by atoms with van der Waals surface area (Å²) in [6, 6.07) is 3.77. The fourth-order valence-corrected chi connectivity index (χ4v) is 2.35. The van der Waals surface area contributed by atoms with Crippen molar-refractivity contribution in [1.29, 1.82) is 0 Å². The highest BCUT2D eigenvalue weighted by molar-refractivity contribution is 6.31. The number of urea groups is 1. The van der Waals surface area contributed by atoms with Crippen molar-refractivity contribution in [1.82, 2.24) is 5.32 Å². The summed E-state index contributed by atoms with van der Waals surface area (Å²) in [7, 11) is 0. The fraction of sp³-hybridized carbons (Fsp3) is 0.417. The third-order valence-corrected chi connectivity index (χ3v) is 3.33. The number of carbonyl (C=O) groups is 1. The predicted molar refractivity (Wildman–Crippen MR) is 72.5 cm³/mol. The number of benzene rings is 1. The minimum absolute atomic E-state index is 0.105. The molecule has 102 valence electrons. The minimum atomic E-state index is -0.554. The van der Waals surface area contributed by atoms with Crippen LogP contribution in [0.2, 0.25) is 5.02 Å². The molecule has 0 saturated heterocycles. The Morgan fingerprint density at radius 1 is 1.37 bits per heavy atom. The maximum absolute atomic E-state index is 11.8. The normalized spacial score (nSPS) is 15.2. The Hall–Kier alpha value is -1.82. The summed E-state index contributed by atoms with van der Waals surface area (Å²) < 4.78 is 0. The van der Waals surface area contributed by atoms with Crippen molar-refractivity contribution < 1.29 is 9.72 Å². The van der Waals surface area contributed by atoms with Crippen molar-refractivity contribution >= 4 is 29.0 Å². The van der Waals surface area contributed by atoms with E-state index in [0.717, 1.165) is 25.7 Å². The van der Waals surface area contributed by atoms with Gasteiger partial charge < -0.3 is 10.6 Å². The molecule has 0 unspecified atom stereocenters. The first-order valence-corrected chi connectivity index (χ1v) is 6.45. The summed E-state index contributed by atoms with van der Waals surface area (Å²) in [5.74, 6) is 0. The van der Waals surface area contributed by atoms with E-state index >= 15 is 0 Å². The Morgan fingerprint density at radius 3 is 2.68 bits per heavy atom. The second-order valence-electron chi connectivity index (χ2n) is 4.50. The average Bonchev–Trinajstić information content (AvgIpc) is 2.81. The lowest BCUT2D eigenvalue weighted by Gasteiger charge is -2.13. The van der Waals surface area contributed by atoms with Crippen LogP contribution in [0.5, 0.6) is 0 Å². The van der Waals surface area contributed by atoms with E-state index < -0.39 is 11.0 Å². The third kappa shape index (κ3) is 3.57. The van der Waals surface area contributed by atoms with Crippen molar-refractivity contribution in [2.45, 2.75) is 31.7 Å². The Bertz CT molecular complexity index is 501. The smallest absolute Gasteiger partial charge is 0.319 e. The van der Waals surface area contributed by atoms with E-state index in [9.17, 15) is 14.9 Å². The molecule has 0 atom stereocenters. The highest BCUT2D eigenvalue weighted by atomic mass is 35.5. The van der Waals surface area contributed by atoms with Gasteiger partial charge in [-0.25, -0.2) is 4.79 Å². The zero-order chi connectivity index (χ0) is 13.8. The molecule has 6 nitrogen and oxygen atoms in total. The fourth-order valence-electron chi connectivity index (χ4n) is 2.18. The lowest BCUT2D eigenvalue weighted by Crippen LogP contribution is -2.36. The zero-order valence-electron chi connectivity index (χ0n) is 10.2. The molecule has 2 rings (SSSR count). The van der Waals surface area contributed by atoms with Crippen molar-refractivity contribution in [3.8, 4) is 0 Å². The molecular weight excluding hydrogens is 270 g/mol. The number of carbonyl (C=O) groups excluding carboxylic acids is 1. The second-order valence-corrected chi connectivity index (χ2v) is 4.93. The van der Waals surface area contributed by atoms with Crippen molar-refractivity contribution in [3.05, 3.63) is 33.3 Å². The third-order valence-electron chi connectivity index (χ3n) is 3.09. The molecule has 0 radical (unpaired) electrons. The number of anilines is 1. The van der Waals surface area contributed by atoms with Gasteiger partial charge >= 0.3 is 6.03 Å². The molecule has 0 spiro atoms. The standard InChI is InChI=1S/C12H14ClN3O3/c13-8-5-6-11(16(18)19)10(7-8)15-12(17)14-9-3-1-2-4-9/h5-7,9H,1-4H2,(H2,14,15,17). The van der Waals surface area contributed by atoms with Crippen LogP contribution in [0, 0.1) is 10.1 Å². The molecule has 1 fully saturated rings. The Labute approximate surface area is 115 Å². The first-order chi connectivity index (χ1) is 9.06. The van der Waals surface area contributed by atoms with Crippen LogP contribution >= 0.6 is 11.6 Å². The van der Waals surface area contributed by atoms with Crippen LogP contribution in [0.4, 0.5) is 16.2 Å². The van der Waals surface area contributed by atoms with Crippen LogP contribution in [0.25, 0.3) is 0 Å². The molecule has 1 aromatic carbocycles. The molecule has 0 heterocycles. The van der Waals surface area contributed by atoms with Gasteiger partial charge in [0.15, 0.2) is 0 Å². The number of hydrogen-bond donors (Lipinski definition) is 2. The number of amides is 2. The highest BCUT2D eigenvalue weighted by Crippen LogP contribution is 2.27. The molecule has 19 heavy (non-hydrogen) atoms. The summed E-state index contributed by atoms with van der Waals surface area (Å²) in [5, 5.41) is 16.5. The SMILES string of the molecule is O=C(Nc1cc(Cl)ccc1[N+](=O)[O-])NC1CCCC1. The van der Waals surface area contributed by atoms with Gasteiger partial charge in [0.2, 0.25) is 0 Å². The molecule has 1 aliphatic rings. The van der Waals surface area contributed by atoms with Crippen molar-refractivity contribution in [3.63, 3.8) is 0 Å². The van der Waals surface area contributed by atoms with E-state index in [1.165, 1.54) is 18.2 Å². The van der Waals surface area contributed by atoms with Gasteiger partial charge in [-0.1, -0.05) is 24.4 Å². The monoisotopic (exact) mass is 283 g/mol. The number of nitro groups is 1. The quantitative estimate of drug-likeness (QED) is 0.659. The predicted octanol–water partition coefficient (Wildman–Crippen LogP) is 3.31. The van der Waals surface area contributed by atoms with Crippen LogP contribution in [0.1, 0.15) is 25.7 Å². The van der Waals surface area contributed by atoms with Gasteiger partial charge in [0.05, 0.1) is 4.92 Å². The van der Waals surface area contributed by atoms with Crippen LogP contribution in [-0.2, 0) is 0 Å². The second kappa shape index (κ2) is 5.88. The number of nitro benzene ring substituents is 1.